The zero-order valence-corrected chi connectivity index (χ0v) is 24.6. The van der Waals surface area contributed by atoms with Crippen LogP contribution in [0, 0.1) is 23.6 Å². The maximum Gasteiger partial charge on any atom is 0.435 e. The fraction of sp³-hybridized carbons (Fsp3) is 0.533. The number of nitrogens with zero attached hydrogens (tertiary/aromatic N) is 1. The molecular weight excluding hydrogens is 638 g/mol. The summed E-state index contributed by atoms with van der Waals surface area (Å²) in [5, 5.41) is 9.41. The lowest BCUT2D eigenvalue weighted by atomic mass is 9.73. The third-order valence-electron chi connectivity index (χ3n) is 9.77. The molecule has 0 radical (unpaired) electrons. The molecule has 1 saturated heterocycles. The van der Waals surface area contributed by atoms with Crippen molar-refractivity contribution in [1.29, 1.82) is 0 Å². The van der Waals surface area contributed by atoms with Crippen LogP contribution in [0.25, 0.3) is 0 Å². The number of sulfone groups is 1. The van der Waals surface area contributed by atoms with Crippen molar-refractivity contribution >= 4 is 21.7 Å². The fourth-order valence-electron chi connectivity index (χ4n) is 7.54. The van der Waals surface area contributed by atoms with E-state index in [-0.39, 0.29) is 68.2 Å². The smallest absolute Gasteiger partial charge is 0.435 e. The number of aliphatic carboxylic acids is 1. The van der Waals surface area contributed by atoms with E-state index in [1.165, 1.54) is 4.90 Å². The number of carboxylic acid groups (broad SMARTS) is 1. The van der Waals surface area contributed by atoms with Crippen LogP contribution in [0.1, 0.15) is 55.7 Å². The van der Waals surface area contributed by atoms with Crippen LogP contribution in [0.15, 0.2) is 47.4 Å². The van der Waals surface area contributed by atoms with Gasteiger partial charge in [-0.3, -0.25) is 9.59 Å². The van der Waals surface area contributed by atoms with E-state index in [4.69, 9.17) is 0 Å². The fourth-order valence-corrected chi connectivity index (χ4v) is 9.94. The van der Waals surface area contributed by atoms with E-state index in [0.717, 1.165) is 30.3 Å². The highest BCUT2D eigenvalue weighted by molar-refractivity contribution is 7.92. The van der Waals surface area contributed by atoms with Gasteiger partial charge in [-0.2, -0.15) is 26.3 Å². The average Bonchev–Trinajstić information content (AvgIpc) is 3.36. The number of likely N-dealkylation sites (tertiary alicyclic amines) is 1. The second kappa shape index (κ2) is 10.9. The van der Waals surface area contributed by atoms with E-state index >= 15 is 4.39 Å². The Morgan fingerprint density at radius 2 is 1.62 bits per heavy atom. The number of amides is 1. The topological polar surface area (TPSA) is 91.8 Å². The van der Waals surface area contributed by atoms with Crippen LogP contribution >= 0.6 is 0 Å². The number of rotatable bonds is 5. The Kier molecular flexibility index (Phi) is 8.06. The first kappa shape index (κ1) is 33.1. The second-order valence-electron chi connectivity index (χ2n) is 12.1. The van der Waals surface area contributed by atoms with Crippen LogP contribution in [-0.4, -0.2) is 55.2 Å². The molecule has 6 nitrogen and oxygen atoms in total. The molecule has 5 rings (SSSR count). The van der Waals surface area contributed by atoms with Crippen LogP contribution in [0.3, 0.4) is 0 Å². The number of alkyl halides is 7. The third-order valence-corrected chi connectivity index (χ3v) is 12.3. The number of carbonyl (C=O) groups excluding carboxylic acids is 1. The van der Waals surface area contributed by atoms with Gasteiger partial charge in [0.05, 0.1) is 16.9 Å². The molecule has 1 saturated carbocycles. The zero-order chi connectivity index (χ0) is 33.3. The number of halogens is 8. The summed E-state index contributed by atoms with van der Waals surface area (Å²) in [6.45, 7) is 1.57. The van der Waals surface area contributed by atoms with E-state index in [1.54, 1.807) is 6.92 Å². The molecule has 1 amide bonds. The van der Waals surface area contributed by atoms with Gasteiger partial charge in [-0.25, -0.2) is 17.2 Å². The molecular formula is C30H29F8NO5S. The highest BCUT2D eigenvalue weighted by atomic mass is 32.2. The standard InChI is InChI=1S/C30H29F8NO5S/c1-16-13-18(26(41)42)5-8-22(16)25(40)39-12-11-27(45(43,44)21-4-2-3-20(31)15-21)23-9-7-19(14-17(23)6-10-24(27)39)28(32,29(33,34)35)30(36,37)38/h2-4,7,9,14-16,18,22,24H,5-6,8,10-13H2,1H3,(H,41,42)/t16-,18+,22+,24+,27+/m0/s1. The molecule has 0 spiro atoms. The summed E-state index contributed by atoms with van der Waals surface area (Å²) in [4.78, 5) is 26.3. The van der Waals surface area contributed by atoms with E-state index in [0.29, 0.717) is 6.07 Å². The number of carboxylic acids is 1. The predicted octanol–water partition coefficient (Wildman–Crippen LogP) is 6.47. The van der Waals surface area contributed by atoms with Gasteiger partial charge in [0.2, 0.25) is 5.91 Å². The lowest BCUT2D eigenvalue weighted by molar-refractivity contribution is -0.348. The number of carbonyl (C=O) groups is 2. The van der Waals surface area contributed by atoms with Gasteiger partial charge in [0.15, 0.2) is 9.84 Å². The Balaban J connectivity index is 1.64. The third kappa shape index (κ3) is 4.99. The Labute approximate surface area is 253 Å². The summed E-state index contributed by atoms with van der Waals surface area (Å²) in [5.41, 5.74) is -7.93. The lowest BCUT2D eigenvalue weighted by Gasteiger charge is -2.44. The molecule has 0 bridgehead atoms. The number of fused-ring (bicyclic) bond motifs is 3. The highest BCUT2D eigenvalue weighted by Crippen LogP contribution is 2.57. The molecule has 2 aliphatic carbocycles. The van der Waals surface area contributed by atoms with Gasteiger partial charge in [0.25, 0.3) is 0 Å². The van der Waals surface area contributed by atoms with Crippen LogP contribution in [0.2, 0.25) is 0 Å². The summed E-state index contributed by atoms with van der Waals surface area (Å²) in [5.74, 6) is -4.02. The molecule has 2 aromatic carbocycles. The Hall–Kier alpha value is -3.23. The van der Waals surface area contributed by atoms with Gasteiger partial charge in [-0.15, -0.1) is 0 Å². The van der Waals surface area contributed by atoms with Crippen LogP contribution in [0.4, 0.5) is 35.1 Å². The first-order valence-corrected chi connectivity index (χ1v) is 15.8. The van der Waals surface area contributed by atoms with Gasteiger partial charge >= 0.3 is 24.0 Å². The van der Waals surface area contributed by atoms with Crippen molar-refractivity contribution in [2.75, 3.05) is 6.54 Å². The minimum atomic E-state index is -6.38. The van der Waals surface area contributed by atoms with E-state index in [9.17, 15) is 53.8 Å². The van der Waals surface area contributed by atoms with Crippen molar-refractivity contribution < 1.29 is 58.2 Å². The van der Waals surface area contributed by atoms with E-state index in [2.05, 4.69) is 0 Å². The molecule has 0 aromatic heterocycles. The van der Waals surface area contributed by atoms with Gasteiger partial charge in [0.1, 0.15) is 10.6 Å². The average molecular weight is 668 g/mol. The van der Waals surface area contributed by atoms with Gasteiger partial charge in [-0.1, -0.05) is 31.2 Å². The molecule has 45 heavy (non-hydrogen) atoms. The largest absolute Gasteiger partial charge is 0.481 e. The van der Waals surface area contributed by atoms with Crippen molar-refractivity contribution in [3.8, 4) is 0 Å². The minimum Gasteiger partial charge on any atom is -0.481 e. The number of benzene rings is 2. The summed E-state index contributed by atoms with van der Waals surface area (Å²) < 4.78 is 137. The second-order valence-corrected chi connectivity index (χ2v) is 14.4. The molecule has 2 aromatic rings. The molecule has 246 valence electrons. The molecule has 15 heteroatoms. The Morgan fingerprint density at radius 3 is 2.20 bits per heavy atom. The molecule has 0 unspecified atom stereocenters. The summed E-state index contributed by atoms with van der Waals surface area (Å²) in [7, 11) is -4.68. The van der Waals surface area contributed by atoms with Crippen LogP contribution in [0.5, 0.6) is 0 Å². The van der Waals surface area contributed by atoms with E-state index in [1.807, 2.05) is 0 Å². The Bertz CT molecular complexity index is 1610. The summed E-state index contributed by atoms with van der Waals surface area (Å²) in [6, 6.07) is 4.22. The van der Waals surface area contributed by atoms with Crippen molar-refractivity contribution in [3.05, 3.63) is 65.0 Å². The SMILES string of the molecule is C[C@H]1C[C@H](C(=O)O)CC[C@H]1C(=O)N1CC[C@@]2(S(=O)(=O)c3cccc(F)c3)c3ccc(C(F)(C(F)(F)F)C(F)(F)F)cc3CC[C@@H]12. The number of hydrogen-bond acceptors (Lipinski definition) is 4. The maximum absolute atomic E-state index is 15.0. The van der Waals surface area contributed by atoms with Crippen molar-refractivity contribution in [2.24, 2.45) is 17.8 Å². The lowest BCUT2D eigenvalue weighted by Crippen LogP contribution is -2.54. The highest BCUT2D eigenvalue weighted by Gasteiger charge is 2.74. The number of hydrogen-bond donors (Lipinski definition) is 1. The van der Waals surface area contributed by atoms with Gasteiger partial charge in [-0.05, 0) is 73.8 Å². The van der Waals surface area contributed by atoms with Crippen molar-refractivity contribution in [2.45, 2.75) is 79.2 Å². The first-order chi connectivity index (χ1) is 20.8. The molecule has 3 aliphatic rings. The van der Waals surface area contributed by atoms with Gasteiger partial charge < -0.3 is 10.0 Å². The Morgan fingerprint density at radius 1 is 0.956 bits per heavy atom. The minimum absolute atomic E-state index is 0.150. The first-order valence-electron chi connectivity index (χ1n) is 14.3. The monoisotopic (exact) mass is 667 g/mol. The van der Waals surface area contributed by atoms with Crippen LogP contribution < -0.4 is 0 Å². The molecule has 1 aliphatic heterocycles. The molecule has 2 fully saturated rings. The van der Waals surface area contributed by atoms with Crippen molar-refractivity contribution in [1.82, 2.24) is 4.90 Å². The molecule has 5 atom stereocenters. The predicted molar refractivity (Wildman–Crippen MR) is 143 cm³/mol. The molecule has 1 heterocycles. The number of aryl methyl sites for hydroxylation is 1. The summed E-state index contributed by atoms with van der Waals surface area (Å²) >= 11 is 0. The van der Waals surface area contributed by atoms with Crippen LogP contribution in [-0.2, 0) is 36.3 Å². The maximum atomic E-state index is 15.0. The zero-order valence-electron chi connectivity index (χ0n) is 23.8. The van der Waals surface area contributed by atoms with Crippen molar-refractivity contribution in [3.63, 3.8) is 0 Å². The quantitative estimate of drug-likeness (QED) is 0.370. The van der Waals surface area contributed by atoms with Gasteiger partial charge in [0, 0.05) is 18.0 Å². The van der Waals surface area contributed by atoms with E-state index < -0.39 is 78.6 Å². The molecule has 1 N–H and O–H groups in total. The normalized spacial score (nSPS) is 27.5. The summed E-state index contributed by atoms with van der Waals surface area (Å²) in [6.07, 6.45) is -12.9.